The zero-order valence-corrected chi connectivity index (χ0v) is 17.6. The quantitative estimate of drug-likeness (QED) is 0.755. The van der Waals surface area contributed by atoms with Crippen LogP contribution in [-0.2, 0) is 10.0 Å². The monoisotopic (exact) mass is 358 g/mol. The molecule has 2 unspecified atom stereocenters. The first kappa shape index (κ1) is 20.2. The molecule has 0 radical (unpaired) electrons. The number of piperidine rings is 2. The van der Waals surface area contributed by atoms with Crippen LogP contribution in [0.15, 0.2) is 0 Å². The SMILES string of the molecule is CC1CC(C(C)(C)C)CCN1S(=O)(=O)C1CCN(C(C)(C)C)CC1. The lowest BCUT2D eigenvalue weighted by atomic mass is 9.74. The van der Waals surface area contributed by atoms with Crippen LogP contribution < -0.4 is 0 Å². The lowest BCUT2D eigenvalue weighted by molar-refractivity contribution is 0.104. The third-order valence-corrected chi connectivity index (χ3v) is 8.69. The minimum atomic E-state index is -3.17. The Morgan fingerprint density at radius 2 is 1.42 bits per heavy atom. The molecule has 2 atom stereocenters. The molecule has 0 N–H and O–H groups in total. The van der Waals surface area contributed by atoms with Crippen molar-refractivity contribution >= 4 is 10.0 Å². The fourth-order valence-electron chi connectivity index (χ4n) is 4.33. The number of likely N-dealkylation sites (tertiary alicyclic amines) is 1. The summed E-state index contributed by atoms with van der Waals surface area (Å²) >= 11 is 0. The molecule has 5 heteroatoms. The summed E-state index contributed by atoms with van der Waals surface area (Å²) in [5.74, 6) is 0.613. The van der Waals surface area contributed by atoms with Gasteiger partial charge in [-0.2, -0.15) is 4.31 Å². The molecule has 0 bridgehead atoms. The van der Waals surface area contributed by atoms with Gasteiger partial charge in [-0.25, -0.2) is 8.42 Å². The van der Waals surface area contributed by atoms with E-state index in [1.165, 1.54) is 0 Å². The zero-order valence-electron chi connectivity index (χ0n) is 16.8. The average Bonchev–Trinajstić information content (AvgIpc) is 2.45. The van der Waals surface area contributed by atoms with Crippen molar-refractivity contribution in [1.29, 1.82) is 0 Å². The van der Waals surface area contributed by atoms with Crippen LogP contribution in [0, 0.1) is 11.3 Å². The molecule has 2 saturated heterocycles. The van der Waals surface area contributed by atoms with E-state index in [-0.39, 0.29) is 22.2 Å². The molecule has 2 fully saturated rings. The van der Waals surface area contributed by atoms with Crippen LogP contribution >= 0.6 is 0 Å². The molecule has 0 spiro atoms. The van der Waals surface area contributed by atoms with E-state index in [1.807, 2.05) is 4.31 Å². The van der Waals surface area contributed by atoms with Crippen LogP contribution in [0.25, 0.3) is 0 Å². The van der Waals surface area contributed by atoms with Crippen molar-refractivity contribution in [3.05, 3.63) is 0 Å². The Labute approximate surface area is 150 Å². The molecule has 0 aromatic carbocycles. The fourth-order valence-corrected chi connectivity index (χ4v) is 6.47. The normalized spacial score (nSPS) is 29.8. The minimum absolute atomic E-state index is 0.132. The van der Waals surface area contributed by atoms with Gasteiger partial charge in [-0.3, -0.25) is 4.90 Å². The Morgan fingerprint density at radius 3 is 1.83 bits per heavy atom. The largest absolute Gasteiger partial charge is 0.298 e. The van der Waals surface area contributed by atoms with E-state index in [0.717, 1.165) is 38.8 Å². The van der Waals surface area contributed by atoms with Gasteiger partial charge in [0.15, 0.2) is 0 Å². The van der Waals surface area contributed by atoms with E-state index >= 15 is 0 Å². The predicted molar refractivity (Wildman–Crippen MR) is 102 cm³/mol. The smallest absolute Gasteiger partial charge is 0.217 e. The maximum atomic E-state index is 13.2. The second-order valence-corrected chi connectivity index (χ2v) is 12.1. The molecule has 24 heavy (non-hydrogen) atoms. The van der Waals surface area contributed by atoms with Crippen molar-refractivity contribution in [3.8, 4) is 0 Å². The zero-order chi connectivity index (χ0) is 18.3. The Kier molecular flexibility index (Phi) is 5.79. The van der Waals surface area contributed by atoms with Gasteiger partial charge in [-0.15, -0.1) is 0 Å². The minimum Gasteiger partial charge on any atom is -0.298 e. The molecule has 2 aliphatic rings. The number of nitrogens with zero attached hydrogens (tertiary/aromatic N) is 2. The van der Waals surface area contributed by atoms with Crippen molar-refractivity contribution in [2.75, 3.05) is 19.6 Å². The van der Waals surface area contributed by atoms with Gasteiger partial charge in [0, 0.05) is 18.1 Å². The highest BCUT2D eigenvalue weighted by molar-refractivity contribution is 7.89. The summed E-state index contributed by atoms with van der Waals surface area (Å²) in [6, 6.07) is 0.133. The van der Waals surface area contributed by atoms with Gasteiger partial charge in [-0.1, -0.05) is 20.8 Å². The summed E-state index contributed by atoms with van der Waals surface area (Å²) in [6.07, 6.45) is 3.52. The Hall–Kier alpha value is -0.130. The van der Waals surface area contributed by atoms with Gasteiger partial charge in [0.25, 0.3) is 0 Å². The molecule has 0 amide bonds. The Morgan fingerprint density at radius 1 is 0.875 bits per heavy atom. The highest BCUT2D eigenvalue weighted by Gasteiger charge is 2.42. The van der Waals surface area contributed by atoms with Crippen molar-refractivity contribution < 1.29 is 8.42 Å². The molecule has 4 nitrogen and oxygen atoms in total. The second kappa shape index (κ2) is 6.88. The van der Waals surface area contributed by atoms with Crippen molar-refractivity contribution in [3.63, 3.8) is 0 Å². The van der Waals surface area contributed by atoms with Gasteiger partial charge in [-0.05, 0) is 77.8 Å². The first-order valence-corrected chi connectivity index (χ1v) is 11.1. The molecule has 0 saturated carbocycles. The lowest BCUT2D eigenvalue weighted by Crippen LogP contribution is -2.54. The summed E-state index contributed by atoms with van der Waals surface area (Å²) in [5, 5.41) is -0.190. The summed E-state index contributed by atoms with van der Waals surface area (Å²) in [4.78, 5) is 2.41. The van der Waals surface area contributed by atoms with Crippen molar-refractivity contribution in [2.24, 2.45) is 11.3 Å². The summed E-state index contributed by atoms with van der Waals surface area (Å²) in [5.41, 5.74) is 0.398. The van der Waals surface area contributed by atoms with Gasteiger partial charge >= 0.3 is 0 Å². The van der Waals surface area contributed by atoms with Crippen LogP contribution in [-0.4, -0.2) is 54.1 Å². The third-order valence-electron chi connectivity index (χ3n) is 6.18. The van der Waals surface area contributed by atoms with Crippen LogP contribution in [0.3, 0.4) is 0 Å². The highest BCUT2D eigenvalue weighted by Crippen LogP contribution is 2.38. The molecule has 142 valence electrons. The highest BCUT2D eigenvalue weighted by atomic mass is 32.2. The van der Waals surface area contributed by atoms with Crippen molar-refractivity contribution in [2.45, 2.75) is 91.0 Å². The second-order valence-electron chi connectivity index (χ2n) is 9.95. The molecule has 2 aliphatic heterocycles. The van der Waals surface area contributed by atoms with Crippen molar-refractivity contribution in [1.82, 2.24) is 9.21 Å². The third kappa shape index (κ3) is 4.34. The van der Waals surface area contributed by atoms with Gasteiger partial charge in [0.1, 0.15) is 0 Å². The van der Waals surface area contributed by atoms with E-state index < -0.39 is 10.0 Å². The summed E-state index contributed by atoms with van der Waals surface area (Å²) in [7, 11) is -3.17. The summed E-state index contributed by atoms with van der Waals surface area (Å²) in [6.45, 7) is 18.0. The van der Waals surface area contributed by atoms with Crippen LogP contribution in [0.1, 0.15) is 74.1 Å². The lowest BCUT2D eigenvalue weighted by Gasteiger charge is -2.45. The fraction of sp³-hybridized carbons (Fsp3) is 1.00. The number of hydrogen-bond donors (Lipinski definition) is 0. The van der Waals surface area contributed by atoms with Crippen LogP contribution in [0.4, 0.5) is 0 Å². The number of rotatable bonds is 2. The number of sulfonamides is 1. The van der Waals surface area contributed by atoms with E-state index in [2.05, 4.69) is 53.4 Å². The predicted octanol–water partition coefficient (Wildman–Crippen LogP) is 3.73. The Balaban J connectivity index is 2.02. The first-order chi connectivity index (χ1) is 10.8. The Bertz CT molecular complexity index is 523. The molecular weight excluding hydrogens is 320 g/mol. The van der Waals surface area contributed by atoms with E-state index in [4.69, 9.17) is 0 Å². The standard InChI is InChI=1S/C19H38N2O2S/c1-15-14-16(18(2,3)4)8-13-21(15)24(22,23)17-9-11-20(12-10-17)19(5,6)7/h15-17H,8-14H2,1-7H3. The molecule has 2 rings (SSSR count). The molecular formula is C19H38N2O2S. The van der Waals surface area contributed by atoms with Gasteiger partial charge in [0.05, 0.1) is 5.25 Å². The van der Waals surface area contributed by atoms with Crippen LogP contribution in [0.2, 0.25) is 0 Å². The van der Waals surface area contributed by atoms with E-state index in [0.29, 0.717) is 12.5 Å². The molecule has 2 heterocycles. The van der Waals surface area contributed by atoms with Gasteiger partial charge in [0.2, 0.25) is 10.0 Å². The van der Waals surface area contributed by atoms with E-state index in [1.54, 1.807) is 0 Å². The first-order valence-electron chi connectivity index (χ1n) is 9.59. The maximum absolute atomic E-state index is 13.2. The molecule has 0 aromatic rings. The average molecular weight is 359 g/mol. The van der Waals surface area contributed by atoms with Gasteiger partial charge < -0.3 is 0 Å². The molecule has 0 aromatic heterocycles. The topological polar surface area (TPSA) is 40.6 Å². The van der Waals surface area contributed by atoms with Crippen LogP contribution in [0.5, 0.6) is 0 Å². The number of hydrogen-bond acceptors (Lipinski definition) is 3. The van der Waals surface area contributed by atoms with E-state index in [9.17, 15) is 8.42 Å². The molecule has 0 aliphatic carbocycles. The summed E-state index contributed by atoms with van der Waals surface area (Å²) < 4.78 is 28.2. The maximum Gasteiger partial charge on any atom is 0.217 e.